The van der Waals surface area contributed by atoms with Gasteiger partial charge in [0.2, 0.25) is 0 Å². The lowest BCUT2D eigenvalue weighted by Crippen LogP contribution is -2.48. The molecule has 0 N–H and O–H groups in total. The minimum atomic E-state index is -1.80. The standard InChI is InChI=1S/C84H135NP2Si/c1-10-17-24-28-32-36-40-44-48-75-52-60-79(61-53-75)86(80-62-54-76(55-63-80)49-45-41-37-33-29-25-18-11-2)85(84-73(8)71-83(72-74(84)9)88(68-21-14-5,69-22-15-6)70-23-16-7)87(81-64-56-77(57-65-81)50-46-42-38-34-30-26-19-12-3)82-66-58-78(59-67-82)51-47-43-39-35-31-27-20-13-4/h52-67,71-72H,10-51,68-70H2,1-9H3. The Morgan fingerprint density at radius 1 is 0.261 bits per heavy atom. The van der Waals surface area contributed by atoms with Crippen molar-refractivity contribution in [2.45, 2.75) is 350 Å². The molecule has 0 aliphatic carbocycles. The first-order chi connectivity index (χ1) is 43.3. The van der Waals surface area contributed by atoms with Crippen LogP contribution in [0, 0.1) is 13.8 Å². The van der Waals surface area contributed by atoms with E-state index in [2.05, 4.69) is 176 Å². The van der Waals surface area contributed by atoms with Crippen molar-refractivity contribution >= 4 is 56.3 Å². The number of rotatable bonds is 53. The van der Waals surface area contributed by atoms with E-state index in [1.165, 1.54) is 348 Å². The lowest BCUT2D eigenvalue weighted by Gasteiger charge is -2.43. The quantitative estimate of drug-likeness (QED) is 0.0213. The predicted molar refractivity (Wildman–Crippen MR) is 406 cm³/mol. The molecule has 0 saturated heterocycles. The summed E-state index contributed by atoms with van der Waals surface area (Å²) in [4.78, 5) is 0. The molecule has 5 aromatic carbocycles. The van der Waals surface area contributed by atoms with Gasteiger partial charge in [0, 0.05) is 21.2 Å². The lowest BCUT2D eigenvalue weighted by molar-refractivity contribution is 0.575. The van der Waals surface area contributed by atoms with Crippen molar-refractivity contribution < 1.29 is 0 Å². The highest BCUT2D eigenvalue weighted by molar-refractivity contribution is 7.90. The minimum absolute atomic E-state index is 1.03. The SMILES string of the molecule is CCCCCCCCCCc1ccc(P(c2ccc(CCCCCCCCCC)cc2)N(c2c(C)cc([Si](CCCC)(CCCC)CCCC)cc2C)P(c2ccc(CCCCCCCCCC)cc2)c2ccc(CCCCCCCCCC)cc2)cc1. The highest BCUT2D eigenvalue weighted by atomic mass is 31.2. The van der Waals surface area contributed by atoms with E-state index in [9.17, 15) is 0 Å². The molecule has 0 fully saturated rings. The summed E-state index contributed by atoms with van der Waals surface area (Å²) in [5.74, 6) is 0. The molecule has 0 saturated carbocycles. The summed E-state index contributed by atoms with van der Waals surface area (Å²) >= 11 is 0. The van der Waals surface area contributed by atoms with Crippen LogP contribution in [0.5, 0.6) is 0 Å². The molecular formula is C84H135NP2Si. The number of benzene rings is 5. The fourth-order valence-electron chi connectivity index (χ4n) is 14.0. The van der Waals surface area contributed by atoms with Gasteiger partial charge in [0.05, 0.1) is 29.9 Å². The first-order valence-corrected chi connectivity index (χ1v) is 43.3. The lowest BCUT2D eigenvalue weighted by atomic mass is 10.0. The number of anilines is 1. The van der Waals surface area contributed by atoms with Crippen molar-refractivity contribution in [2.24, 2.45) is 0 Å². The number of aryl methyl sites for hydroxylation is 6. The van der Waals surface area contributed by atoms with E-state index >= 15 is 0 Å². The molecule has 490 valence electrons. The molecule has 0 aromatic heterocycles. The maximum Gasteiger partial charge on any atom is 0.0867 e. The fraction of sp³-hybridized carbons (Fsp3) is 0.643. The number of hydrogen-bond donors (Lipinski definition) is 0. The first kappa shape index (κ1) is 75.7. The van der Waals surface area contributed by atoms with Crippen molar-refractivity contribution in [2.75, 3.05) is 4.44 Å². The van der Waals surface area contributed by atoms with E-state index in [0.717, 1.165) is 0 Å². The highest BCUT2D eigenvalue weighted by Gasteiger charge is 2.38. The van der Waals surface area contributed by atoms with Gasteiger partial charge >= 0.3 is 0 Å². The Labute approximate surface area is 550 Å². The van der Waals surface area contributed by atoms with Crippen LogP contribution in [0.25, 0.3) is 0 Å². The van der Waals surface area contributed by atoms with E-state index in [1.54, 1.807) is 5.19 Å². The molecule has 0 atom stereocenters. The van der Waals surface area contributed by atoms with E-state index in [0.29, 0.717) is 0 Å². The summed E-state index contributed by atoms with van der Waals surface area (Å²) < 4.78 is 3.11. The van der Waals surface area contributed by atoms with E-state index < -0.39 is 24.2 Å². The molecule has 5 aromatic rings. The highest BCUT2D eigenvalue weighted by Crippen LogP contribution is 2.59. The molecule has 0 radical (unpaired) electrons. The summed E-state index contributed by atoms with van der Waals surface area (Å²) in [6, 6.07) is 51.0. The third kappa shape index (κ3) is 27.7. The third-order valence-electron chi connectivity index (χ3n) is 19.7. The fourth-order valence-corrected chi connectivity index (χ4v) is 26.0. The zero-order chi connectivity index (χ0) is 62.7. The van der Waals surface area contributed by atoms with Crippen LogP contribution < -0.4 is 30.8 Å². The summed E-state index contributed by atoms with van der Waals surface area (Å²) in [6.45, 7) is 21.7. The molecule has 0 bridgehead atoms. The van der Waals surface area contributed by atoms with Gasteiger partial charge in [0.1, 0.15) is 0 Å². The second kappa shape index (κ2) is 46.9. The van der Waals surface area contributed by atoms with E-state index in [1.807, 2.05) is 0 Å². The Morgan fingerprint density at radius 2 is 0.466 bits per heavy atom. The first-order valence-electron chi connectivity index (χ1n) is 38.1. The van der Waals surface area contributed by atoms with Crippen molar-refractivity contribution in [1.82, 2.24) is 0 Å². The summed E-state index contributed by atoms with van der Waals surface area (Å²) in [7, 11) is -3.86. The van der Waals surface area contributed by atoms with Crippen LogP contribution in [0.2, 0.25) is 18.1 Å². The van der Waals surface area contributed by atoms with Crippen molar-refractivity contribution in [1.29, 1.82) is 0 Å². The summed E-state index contributed by atoms with van der Waals surface area (Å²) in [5, 5.41) is 7.68. The van der Waals surface area contributed by atoms with Crippen molar-refractivity contribution in [3.05, 3.63) is 143 Å². The molecule has 1 nitrogen and oxygen atoms in total. The summed E-state index contributed by atoms with van der Waals surface area (Å²) in [6.07, 6.45) is 56.3. The molecule has 0 heterocycles. The summed E-state index contributed by atoms with van der Waals surface area (Å²) in [5.41, 5.74) is 10.5. The van der Waals surface area contributed by atoms with Gasteiger partial charge in [-0.15, -0.1) is 0 Å². The largest absolute Gasteiger partial charge is 0.312 e. The van der Waals surface area contributed by atoms with Gasteiger partial charge in [-0.25, -0.2) is 0 Å². The number of nitrogens with zero attached hydrogens (tertiary/aromatic N) is 1. The zero-order valence-corrected chi connectivity index (χ0v) is 61.8. The topological polar surface area (TPSA) is 3.24 Å². The van der Waals surface area contributed by atoms with Crippen molar-refractivity contribution in [3.63, 3.8) is 0 Å². The van der Waals surface area contributed by atoms with Gasteiger partial charge in [-0.2, -0.15) is 0 Å². The van der Waals surface area contributed by atoms with Crippen LogP contribution in [0.4, 0.5) is 5.69 Å². The van der Waals surface area contributed by atoms with Crippen molar-refractivity contribution in [3.8, 4) is 0 Å². The molecule has 0 amide bonds. The minimum Gasteiger partial charge on any atom is -0.312 e. The Hall–Kier alpha value is -3.02. The van der Waals surface area contributed by atoms with Gasteiger partial charge in [0.15, 0.2) is 0 Å². The second-order valence-electron chi connectivity index (χ2n) is 27.5. The molecule has 0 aliphatic rings. The van der Waals surface area contributed by atoms with Crippen LogP contribution in [-0.4, -0.2) is 8.07 Å². The van der Waals surface area contributed by atoms with Gasteiger partial charge in [-0.1, -0.05) is 399 Å². The number of unbranched alkanes of at least 4 members (excludes halogenated alkanes) is 31. The Bertz CT molecular complexity index is 2170. The van der Waals surface area contributed by atoms with Gasteiger partial charge in [0.25, 0.3) is 0 Å². The molecular weight excluding hydrogens is 1110 g/mol. The zero-order valence-electron chi connectivity index (χ0n) is 59.1. The molecule has 4 heteroatoms. The van der Waals surface area contributed by atoms with Crippen LogP contribution in [0.3, 0.4) is 0 Å². The predicted octanol–water partition coefficient (Wildman–Crippen LogP) is 26.0. The second-order valence-corrected chi connectivity index (χ2v) is 36.6. The van der Waals surface area contributed by atoms with E-state index in [-0.39, 0.29) is 0 Å². The van der Waals surface area contributed by atoms with E-state index in [4.69, 9.17) is 0 Å². The smallest absolute Gasteiger partial charge is 0.0867 e. The molecule has 88 heavy (non-hydrogen) atoms. The Balaban J connectivity index is 1.69. The maximum absolute atomic E-state index is 3.11. The average molecular weight is 1250 g/mol. The molecule has 5 rings (SSSR count). The maximum atomic E-state index is 3.11. The molecule has 0 spiro atoms. The molecule has 0 aliphatic heterocycles. The Kier molecular flexibility index (Phi) is 40.4. The Morgan fingerprint density at radius 3 is 0.682 bits per heavy atom. The normalized spacial score (nSPS) is 11.9. The van der Waals surface area contributed by atoms with Gasteiger partial charge in [-0.05, 0) is 98.6 Å². The van der Waals surface area contributed by atoms with Crippen LogP contribution in [0.1, 0.15) is 326 Å². The van der Waals surface area contributed by atoms with Crippen LogP contribution in [0.15, 0.2) is 109 Å². The van der Waals surface area contributed by atoms with Gasteiger partial charge in [-0.3, -0.25) is 0 Å². The average Bonchev–Trinajstić information content (AvgIpc) is 1.14. The van der Waals surface area contributed by atoms with Crippen LogP contribution in [-0.2, 0) is 25.7 Å². The molecule has 0 unspecified atom stereocenters. The monoisotopic (exact) mass is 1250 g/mol. The number of hydrogen-bond acceptors (Lipinski definition) is 1. The third-order valence-corrected chi connectivity index (χ3v) is 30.5. The van der Waals surface area contributed by atoms with Crippen LogP contribution >= 0.6 is 16.1 Å². The van der Waals surface area contributed by atoms with Gasteiger partial charge < -0.3 is 4.44 Å².